The highest BCUT2D eigenvalue weighted by Crippen LogP contribution is 2.34. The monoisotopic (exact) mass is 325 g/mol. The predicted molar refractivity (Wildman–Crippen MR) is 104 cm³/mol. The molecule has 5 aromatic rings. The molecule has 0 saturated heterocycles. The third-order valence-corrected chi connectivity index (χ3v) is 4.96. The Kier molecular flexibility index (Phi) is 2.98. The summed E-state index contributed by atoms with van der Waals surface area (Å²) >= 11 is 0. The fourth-order valence-electron chi connectivity index (χ4n) is 3.82. The molecule has 3 nitrogen and oxygen atoms in total. The van der Waals surface area contributed by atoms with E-state index in [2.05, 4.69) is 89.7 Å². The van der Waals surface area contributed by atoms with Gasteiger partial charge in [0.15, 0.2) is 0 Å². The lowest BCUT2D eigenvalue weighted by atomic mass is 10.2. The van der Waals surface area contributed by atoms with E-state index in [4.69, 9.17) is 4.98 Å². The molecule has 25 heavy (non-hydrogen) atoms. The Bertz CT molecular complexity index is 1170. The van der Waals surface area contributed by atoms with Crippen molar-refractivity contribution in [2.24, 2.45) is 0 Å². The van der Waals surface area contributed by atoms with Crippen molar-refractivity contribution in [1.29, 1.82) is 0 Å². The van der Waals surface area contributed by atoms with Gasteiger partial charge >= 0.3 is 0 Å². The molecule has 0 spiro atoms. The minimum Gasteiger partial charge on any atom is -0.328 e. The fourth-order valence-corrected chi connectivity index (χ4v) is 3.82. The van der Waals surface area contributed by atoms with Gasteiger partial charge in [-0.3, -0.25) is 0 Å². The Hall–Kier alpha value is -3.07. The molecule has 0 atom stereocenters. The summed E-state index contributed by atoms with van der Waals surface area (Å²) in [6.07, 6.45) is 1.95. The molecule has 0 aliphatic rings. The molecule has 3 heteroatoms. The van der Waals surface area contributed by atoms with Gasteiger partial charge in [0.2, 0.25) is 0 Å². The molecular weight excluding hydrogens is 306 g/mol. The van der Waals surface area contributed by atoms with Crippen molar-refractivity contribution in [3.63, 3.8) is 0 Å². The lowest BCUT2D eigenvalue weighted by molar-refractivity contribution is 0.617. The van der Waals surface area contributed by atoms with Gasteiger partial charge in [-0.25, -0.2) is 4.98 Å². The summed E-state index contributed by atoms with van der Waals surface area (Å²) in [7, 11) is 0. The summed E-state index contributed by atoms with van der Waals surface area (Å²) < 4.78 is 4.57. The van der Waals surface area contributed by atoms with Crippen LogP contribution in [0.1, 0.15) is 19.9 Å². The number of aromatic nitrogens is 3. The lowest BCUT2D eigenvalue weighted by Crippen LogP contribution is -1.99. The van der Waals surface area contributed by atoms with Crippen LogP contribution in [0.15, 0.2) is 73.1 Å². The maximum Gasteiger partial charge on any atom is 0.112 e. The van der Waals surface area contributed by atoms with E-state index >= 15 is 0 Å². The molecule has 0 aliphatic heterocycles. The van der Waals surface area contributed by atoms with Crippen molar-refractivity contribution in [1.82, 2.24) is 14.1 Å². The van der Waals surface area contributed by atoms with Crippen molar-refractivity contribution in [3.8, 4) is 5.69 Å². The van der Waals surface area contributed by atoms with Crippen molar-refractivity contribution in [3.05, 3.63) is 73.1 Å². The molecule has 2 aromatic heterocycles. The van der Waals surface area contributed by atoms with Crippen molar-refractivity contribution in [2.75, 3.05) is 0 Å². The van der Waals surface area contributed by atoms with Gasteiger partial charge < -0.3 is 9.13 Å². The first-order valence-electron chi connectivity index (χ1n) is 8.70. The largest absolute Gasteiger partial charge is 0.328 e. The highest BCUT2D eigenvalue weighted by Gasteiger charge is 2.15. The highest BCUT2D eigenvalue weighted by atomic mass is 15.1. The zero-order valence-corrected chi connectivity index (χ0v) is 14.3. The summed E-state index contributed by atoms with van der Waals surface area (Å²) in [4.78, 5) is 4.75. The zero-order valence-electron chi connectivity index (χ0n) is 14.3. The first-order valence-corrected chi connectivity index (χ1v) is 8.70. The number of imidazole rings is 1. The van der Waals surface area contributed by atoms with E-state index in [0.717, 1.165) is 11.2 Å². The standard InChI is InChI=1S/C22H19N3/c1-15(2)24-14-23-22-20(24)12-7-13-21(22)25-18-10-5-3-8-16(18)17-9-4-6-11-19(17)25/h3-15H,1-2H3. The lowest BCUT2D eigenvalue weighted by Gasteiger charge is -2.11. The number of para-hydroxylation sites is 3. The second kappa shape index (κ2) is 5.21. The number of nitrogens with zero attached hydrogens (tertiary/aromatic N) is 3. The van der Waals surface area contributed by atoms with Gasteiger partial charge in [-0.2, -0.15) is 0 Å². The summed E-state index contributed by atoms with van der Waals surface area (Å²) in [6.45, 7) is 4.38. The summed E-state index contributed by atoms with van der Waals surface area (Å²) in [6, 6.07) is 24.0. The van der Waals surface area contributed by atoms with E-state index in [0.29, 0.717) is 6.04 Å². The van der Waals surface area contributed by atoms with Gasteiger partial charge in [0, 0.05) is 16.8 Å². The molecule has 0 radical (unpaired) electrons. The second-order valence-corrected chi connectivity index (χ2v) is 6.76. The second-order valence-electron chi connectivity index (χ2n) is 6.76. The van der Waals surface area contributed by atoms with Crippen molar-refractivity contribution in [2.45, 2.75) is 19.9 Å². The average molecular weight is 325 g/mol. The average Bonchev–Trinajstić information content (AvgIpc) is 3.21. The number of hydrogen-bond donors (Lipinski definition) is 0. The molecule has 122 valence electrons. The zero-order chi connectivity index (χ0) is 17.0. The molecule has 0 amide bonds. The van der Waals surface area contributed by atoms with E-state index in [1.165, 1.54) is 27.3 Å². The van der Waals surface area contributed by atoms with Crippen LogP contribution in [0.4, 0.5) is 0 Å². The van der Waals surface area contributed by atoms with Crippen LogP contribution in [0, 0.1) is 0 Å². The maximum absolute atomic E-state index is 4.75. The number of fused-ring (bicyclic) bond motifs is 4. The van der Waals surface area contributed by atoms with Gasteiger partial charge in [0.05, 0.1) is 28.6 Å². The molecule has 0 bridgehead atoms. The van der Waals surface area contributed by atoms with Crippen LogP contribution in [0.5, 0.6) is 0 Å². The topological polar surface area (TPSA) is 22.8 Å². The van der Waals surface area contributed by atoms with Crippen molar-refractivity contribution >= 4 is 32.8 Å². The van der Waals surface area contributed by atoms with E-state index in [1.807, 2.05) is 6.33 Å². The quantitative estimate of drug-likeness (QED) is 0.407. The molecule has 0 unspecified atom stereocenters. The number of hydrogen-bond acceptors (Lipinski definition) is 1. The van der Waals surface area contributed by atoms with Gasteiger partial charge in [0.1, 0.15) is 5.52 Å². The van der Waals surface area contributed by atoms with Gasteiger partial charge in [-0.15, -0.1) is 0 Å². The van der Waals surface area contributed by atoms with Gasteiger partial charge in [-0.05, 0) is 38.1 Å². The third kappa shape index (κ3) is 1.96. The van der Waals surface area contributed by atoms with Crippen LogP contribution in [0.3, 0.4) is 0 Å². The molecule has 0 N–H and O–H groups in total. The Labute approximate surface area is 146 Å². The van der Waals surface area contributed by atoms with E-state index < -0.39 is 0 Å². The van der Waals surface area contributed by atoms with E-state index in [9.17, 15) is 0 Å². The fraction of sp³-hybridized carbons (Fsp3) is 0.136. The molecule has 0 saturated carbocycles. The van der Waals surface area contributed by atoms with Crippen LogP contribution in [-0.2, 0) is 0 Å². The minimum absolute atomic E-state index is 0.387. The van der Waals surface area contributed by atoms with E-state index in [1.54, 1.807) is 0 Å². The molecule has 3 aromatic carbocycles. The SMILES string of the molecule is CC(C)n1cnc2c(-n3c4ccccc4c4ccccc43)cccc21. The highest BCUT2D eigenvalue weighted by molar-refractivity contribution is 6.10. The summed E-state index contributed by atoms with van der Waals surface area (Å²) in [5.41, 5.74) is 5.79. The third-order valence-electron chi connectivity index (χ3n) is 4.96. The summed E-state index contributed by atoms with van der Waals surface area (Å²) in [5.74, 6) is 0. The smallest absolute Gasteiger partial charge is 0.112 e. The Balaban J connectivity index is 1.95. The first kappa shape index (κ1) is 14.3. The Morgan fingerprint density at radius 1 is 0.720 bits per heavy atom. The van der Waals surface area contributed by atoms with Gasteiger partial charge in [0.25, 0.3) is 0 Å². The minimum atomic E-state index is 0.387. The number of benzene rings is 3. The predicted octanol–water partition coefficient (Wildman–Crippen LogP) is 5.71. The molecular formula is C22H19N3. The van der Waals surface area contributed by atoms with Crippen LogP contribution in [0.25, 0.3) is 38.5 Å². The number of rotatable bonds is 2. The molecule has 5 rings (SSSR count). The van der Waals surface area contributed by atoms with Crippen LogP contribution in [0.2, 0.25) is 0 Å². The van der Waals surface area contributed by atoms with Crippen LogP contribution >= 0.6 is 0 Å². The van der Waals surface area contributed by atoms with Gasteiger partial charge in [-0.1, -0.05) is 42.5 Å². The van der Waals surface area contributed by atoms with Crippen LogP contribution < -0.4 is 0 Å². The Morgan fingerprint density at radius 2 is 1.32 bits per heavy atom. The summed E-state index contributed by atoms with van der Waals surface area (Å²) in [5, 5.41) is 2.55. The molecule has 2 heterocycles. The first-order chi connectivity index (χ1) is 12.3. The van der Waals surface area contributed by atoms with E-state index in [-0.39, 0.29) is 0 Å². The maximum atomic E-state index is 4.75. The molecule has 0 fully saturated rings. The molecule has 0 aliphatic carbocycles. The Morgan fingerprint density at radius 3 is 1.96 bits per heavy atom. The van der Waals surface area contributed by atoms with Crippen LogP contribution in [-0.4, -0.2) is 14.1 Å². The normalized spacial score (nSPS) is 12.0. The van der Waals surface area contributed by atoms with Crippen molar-refractivity contribution < 1.29 is 0 Å².